The second kappa shape index (κ2) is 3.57. The molecule has 0 unspecified atom stereocenters. The van der Waals surface area contributed by atoms with Crippen LogP contribution in [0.15, 0.2) is 42.4 Å². The van der Waals surface area contributed by atoms with Gasteiger partial charge in [-0.3, -0.25) is 4.98 Å². The van der Waals surface area contributed by atoms with Gasteiger partial charge in [0.25, 0.3) is 0 Å². The molecule has 2 heterocycles. The minimum atomic E-state index is 0.349. The van der Waals surface area contributed by atoms with E-state index < -0.39 is 0 Å². The number of rotatable bonds is 2. The summed E-state index contributed by atoms with van der Waals surface area (Å²) in [5, 5.41) is 3.44. The largest absolute Gasteiger partial charge is 0.338 e. The van der Waals surface area contributed by atoms with Crippen LogP contribution in [0.3, 0.4) is 0 Å². The summed E-state index contributed by atoms with van der Waals surface area (Å²) in [4.78, 5) is 12.6. The molecule has 5 heteroatoms. The van der Waals surface area contributed by atoms with Gasteiger partial charge in [0.1, 0.15) is 5.52 Å². The van der Waals surface area contributed by atoms with Crippen LogP contribution in [0.5, 0.6) is 0 Å². The molecule has 4 nitrogen and oxygen atoms in total. The van der Waals surface area contributed by atoms with Crippen molar-refractivity contribution in [3.8, 4) is 0 Å². The molecule has 3 rings (SSSR count). The third-order valence-corrected chi connectivity index (χ3v) is 2.50. The molecule has 2 aromatic heterocycles. The Morgan fingerprint density at radius 2 is 2.06 bits per heavy atom. The summed E-state index contributed by atoms with van der Waals surface area (Å²) >= 11 is 6.01. The Morgan fingerprint density at radius 1 is 1.19 bits per heavy atom. The van der Waals surface area contributed by atoms with E-state index in [1.54, 1.807) is 18.5 Å². The summed E-state index contributed by atoms with van der Waals surface area (Å²) in [6.45, 7) is 0. The molecule has 0 aliphatic heterocycles. The Morgan fingerprint density at radius 3 is 2.81 bits per heavy atom. The molecular formula is C11H7ClN4. The standard InChI is InChI=1S/C11H7ClN4/c12-10-11(14-7-2-1-3-7)16-8-4-5-13-6-9(8)15-10/h1-6H,(H,14,16). The predicted octanol–water partition coefficient (Wildman–Crippen LogP) is 2.54. The van der Waals surface area contributed by atoms with Crippen molar-refractivity contribution in [2.24, 2.45) is 0 Å². The number of fused-ring (bicyclic) bond motifs is 1. The van der Waals surface area contributed by atoms with Crippen LogP contribution in [0, 0.1) is 0 Å². The molecule has 0 fully saturated rings. The molecule has 0 bridgehead atoms. The molecule has 0 spiro atoms. The van der Waals surface area contributed by atoms with Crippen molar-refractivity contribution in [2.75, 3.05) is 5.32 Å². The zero-order chi connectivity index (χ0) is 11.0. The van der Waals surface area contributed by atoms with Gasteiger partial charge < -0.3 is 5.32 Å². The first kappa shape index (κ1) is 9.30. The number of halogens is 1. The van der Waals surface area contributed by atoms with Gasteiger partial charge in [-0.05, 0) is 18.2 Å². The average Bonchev–Trinajstić information content (AvgIpc) is 2.23. The molecule has 2 aromatic rings. The summed E-state index contributed by atoms with van der Waals surface area (Å²) < 4.78 is 0. The van der Waals surface area contributed by atoms with E-state index in [0.717, 1.165) is 11.2 Å². The van der Waals surface area contributed by atoms with E-state index in [2.05, 4.69) is 20.3 Å². The number of nitrogens with one attached hydrogen (secondary N) is 1. The lowest BCUT2D eigenvalue weighted by molar-refractivity contribution is 1.23. The summed E-state index contributed by atoms with van der Waals surface area (Å²) in [6.07, 6.45) is 9.13. The fourth-order valence-electron chi connectivity index (χ4n) is 1.38. The van der Waals surface area contributed by atoms with E-state index in [9.17, 15) is 0 Å². The Bertz CT molecular complexity index is 618. The van der Waals surface area contributed by atoms with Crippen molar-refractivity contribution in [3.63, 3.8) is 0 Å². The van der Waals surface area contributed by atoms with E-state index >= 15 is 0 Å². The topological polar surface area (TPSA) is 50.7 Å². The number of pyridine rings is 1. The van der Waals surface area contributed by atoms with E-state index in [-0.39, 0.29) is 0 Å². The highest BCUT2D eigenvalue weighted by Gasteiger charge is 2.08. The first-order chi connectivity index (χ1) is 7.83. The summed E-state index contributed by atoms with van der Waals surface area (Å²) in [5.74, 6) is 0.566. The lowest BCUT2D eigenvalue weighted by Crippen LogP contribution is -2.04. The number of hydrogen-bond acceptors (Lipinski definition) is 4. The molecule has 0 saturated heterocycles. The molecular weight excluding hydrogens is 224 g/mol. The van der Waals surface area contributed by atoms with Crippen LogP contribution >= 0.6 is 11.6 Å². The van der Waals surface area contributed by atoms with Crippen LogP contribution in [0.1, 0.15) is 0 Å². The van der Waals surface area contributed by atoms with Crippen molar-refractivity contribution < 1.29 is 0 Å². The molecule has 0 atom stereocenters. The Hall–Kier alpha value is -1.94. The average molecular weight is 231 g/mol. The first-order valence-electron chi connectivity index (χ1n) is 4.75. The van der Waals surface area contributed by atoms with Crippen molar-refractivity contribution in [2.45, 2.75) is 0 Å². The van der Waals surface area contributed by atoms with Gasteiger partial charge in [-0.25, -0.2) is 9.97 Å². The second-order valence-electron chi connectivity index (χ2n) is 3.33. The van der Waals surface area contributed by atoms with Crippen LogP contribution in [0.4, 0.5) is 5.82 Å². The highest BCUT2D eigenvalue weighted by Crippen LogP contribution is 2.23. The molecule has 1 aliphatic rings. The molecule has 16 heavy (non-hydrogen) atoms. The summed E-state index contributed by atoms with van der Waals surface area (Å²) in [5.41, 5.74) is 2.44. The molecule has 0 aromatic carbocycles. The first-order valence-corrected chi connectivity index (χ1v) is 5.13. The predicted molar refractivity (Wildman–Crippen MR) is 63.2 cm³/mol. The molecule has 0 radical (unpaired) electrons. The second-order valence-corrected chi connectivity index (χ2v) is 3.69. The van der Waals surface area contributed by atoms with Crippen LogP contribution in [0.25, 0.3) is 11.0 Å². The fourth-order valence-corrected chi connectivity index (χ4v) is 1.56. The quantitative estimate of drug-likeness (QED) is 0.862. The van der Waals surface area contributed by atoms with Crippen LogP contribution in [-0.2, 0) is 0 Å². The zero-order valence-electron chi connectivity index (χ0n) is 8.18. The highest BCUT2D eigenvalue weighted by atomic mass is 35.5. The van der Waals surface area contributed by atoms with Crippen LogP contribution in [0.2, 0.25) is 5.15 Å². The normalized spacial score (nSPS) is 13.4. The molecule has 0 saturated carbocycles. The van der Waals surface area contributed by atoms with Crippen molar-refractivity contribution in [1.82, 2.24) is 15.0 Å². The van der Waals surface area contributed by atoms with E-state index in [1.165, 1.54) is 0 Å². The van der Waals surface area contributed by atoms with Crippen molar-refractivity contribution in [3.05, 3.63) is 47.5 Å². The highest BCUT2D eigenvalue weighted by molar-refractivity contribution is 6.32. The molecule has 0 amide bonds. The lowest BCUT2D eigenvalue weighted by atomic mass is 10.2. The lowest BCUT2D eigenvalue weighted by Gasteiger charge is -2.11. The third-order valence-electron chi connectivity index (χ3n) is 2.24. The third kappa shape index (κ3) is 1.53. The monoisotopic (exact) mass is 230 g/mol. The van der Waals surface area contributed by atoms with Gasteiger partial charge in [-0.2, -0.15) is 0 Å². The number of anilines is 1. The van der Waals surface area contributed by atoms with Gasteiger partial charge in [-0.1, -0.05) is 17.7 Å². The van der Waals surface area contributed by atoms with Gasteiger partial charge >= 0.3 is 0 Å². The van der Waals surface area contributed by atoms with E-state index in [4.69, 9.17) is 11.6 Å². The minimum Gasteiger partial charge on any atom is -0.338 e. The van der Waals surface area contributed by atoms with Crippen molar-refractivity contribution >= 4 is 28.5 Å². The molecule has 1 N–H and O–H groups in total. The SMILES string of the molecule is Clc1nc2cnccc2nc1NC1=CC=C1. The molecule has 78 valence electrons. The smallest absolute Gasteiger partial charge is 0.172 e. The number of allylic oxidation sites excluding steroid dienone is 3. The van der Waals surface area contributed by atoms with Gasteiger partial charge in [-0.15, -0.1) is 0 Å². The van der Waals surface area contributed by atoms with Gasteiger partial charge in [0.2, 0.25) is 0 Å². The number of aromatic nitrogens is 3. The van der Waals surface area contributed by atoms with Crippen LogP contribution < -0.4 is 5.32 Å². The van der Waals surface area contributed by atoms with E-state index in [1.807, 2.05) is 18.2 Å². The van der Waals surface area contributed by atoms with Gasteiger partial charge in [0.05, 0.1) is 11.7 Å². The Kier molecular flexibility index (Phi) is 2.08. The maximum absolute atomic E-state index is 6.01. The summed E-state index contributed by atoms with van der Waals surface area (Å²) in [6, 6.07) is 1.80. The van der Waals surface area contributed by atoms with Crippen LogP contribution in [-0.4, -0.2) is 15.0 Å². The minimum absolute atomic E-state index is 0.349. The molecule has 1 aliphatic carbocycles. The summed E-state index contributed by atoms with van der Waals surface area (Å²) in [7, 11) is 0. The number of nitrogens with zero attached hydrogens (tertiary/aromatic N) is 3. The van der Waals surface area contributed by atoms with E-state index in [0.29, 0.717) is 16.5 Å². The Balaban J connectivity index is 2.06. The van der Waals surface area contributed by atoms with Gasteiger partial charge in [0.15, 0.2) is 11.0 Å². The van der Waals surface area contributed by atoms with Gasteiger partial charge in [0, 0.05) is 11.9 Å². The fraction of sp³-hybridized carbons (Fsp3) is 0. The maximum Gasteiger partial charge on any atom is 0.172 e. The Labute approximate surface area is 96.7 Å². The maximum atomic E-state index is 6.01. The zero-order valence-corrected chi connectivity index (χ0v) is 8.94. The number of hydrogen-bond donors (Lipinski definition) is 1. The van der Waals surface area contributed by atoms with Crippen molar-refractivity contribution in [1.29, 1.82) is 0 Å².